The van der Waals surface area contributed by atoms with Crippen LogP contribution in [0.1, 0.15) is 152 Å². The fourth-order valence-corrected chi connectivity index (χ4v) is 11.9. The number of Topliss-reactive ketones (excluding diaryl/α,β-unsaturated/α-hetero) is 1. The number of benzene rings is 4. The van der Waals surface area contributed by atoms with Gasteiger partial charge in [0.05, 0.1) is 96.5 Å². The lowest BCUT2D eigenvalue weighted by Crippen LogP contribution is -2.53. The Bertz CT molecular complexity index is 3290. The maximum atomic E-state index is 13.8. The van der Waals surface area contributed by atoms with E-state index in [9.17, 15) is 75.0 Å². The van der Waals surface area contributed by atoms with Crippen molar-refractivity contribution in [1.29, 1.82) is 0 Å². The van der Waals surface area contributed by atoms with E-state index < -0.39 is 173 Å². The molecule has 2 fully saturated rings. The molecule has 0 unspecified atom stereocenters. The molecule has 0 saturated carbocycles. The van der Waals surface area contributed by atoms with E-state index in [4.69, 9.17) is 39.9 Å². The Labute approximate surface area is 468 Å². The van der Waals surface area contributed by atoms with E-state index in [1.54, 1.807) is 13.8 Å². The normalized spacial score (nSPS) is 29.3. The number of hydrogen-bond donors (Lipinski definition) is 13. The number of nitrogens with one attached hydrogen (secondary N) is 1. The van der Waals surface area contributed by atoms with Gasteiger partial charge in [0.2, 0.25) is 11.6 Å². The zero-order valence-electron chi connectivity index (χ0n) is 45.5. The maximum absolute atomic E-state index is 13.8. The van der Waals surface area contributed by atoms with Crippen molar-refractivity contribution in [3.63, 3.8) is 0 Å². The van der Waals surface area contributed by atoms with Crippen LogP contribution in [0.5, 0.6) is 34.5 Å². The Hall–Kier alpha value is -6.98. The molecule has 25 nitrogen and oxygen atoms in total. The molecule has 4 aliphatic carbocycles. The van der Waals surface area contributed by atoms with Crippen LogP contribution >= 0.6 is 0 Å². The molecule has 440 valence electrons. The van der Waals surface area contributed by atoms with Crippen LogP contribution in [-0.2, 0) is 36.6 Å². The van der Waals surface area contributed by atoms with Gasteiger partial charge in [0.25, 0.3) is 0 Å². The molecule has 12 atom stereocenters. The summed E-state index contributed by atoms with van der Waals surface area (Å²) in [7, 11) is 2.67. The van der Waals surface area contributed by atoms with E-state index in [1.165, 1.54) is 50.6 Å². The van der Waals surface area contributed by atoms with Gasteiger partial charge in [-0.1, -0.05) is 24.3 Å². The predicted molar refractivity (Wildman–Crippen MR) is 284 cm³/mol. The molecule has 82 heavy (non-hydrogen) atoms. The summed E-state index contributed by atoms with van der Waals surface area (Å²) < 4.78 is 34.4. The fourth-order valence-electron chi connectivity index (χ4n) is 11.9. The Balaban J connectivity index is 0.000000198. The second-order valence-electron chi connectivity index (χ2n) is 21.7. The molecule has 15 N–H and O–H groups in total. The summed E-state index contributed by atoms with van der Waals surface area (Å²) in [6.07, 6.45) is -9.61. The number of phenolic OH excluding ortho intramolecular Hbond substituents is 4. The zero-order chi connectivity index (χ0) is 59.8. The Kier molecular flexibility index (Phi) is 16.5. The van der Waals surface area contributed by atoms with Crippen LogP contribution in [0.15, 0.2) is 41.5 Å². The minimum atomic E-state index is -2.24. The van der Waals surface area contributed by atoms with Gasteiger partial charge in [-0.2, -0.15) is 5.10 Å². The number of hydrogen-bond acceptors (Lipinski definition) is 25. The highest BCUT2D eigenvalue weighted by atomic mass is 16.7. The molecule has 0 radical (unpaired) electrons. The quantitative estimate of drug-likeness (QED) is 0.0457. The van der Waals surface area contributed by atoms with Gasteiger partial charge in [0.1, 0.15) is 52.3 Å². The van der Waals surface area contributed by atoms with Gasteiger partial charge in [-0.15, -0.1) is 0 Å². The molecule has 0 aromatic heterocycles. The predicted octanol–water partition coefficient (Wildman–Crippen LogP) is 0.788. The summed E-state index contributed by atoms with van der Waals surface area (Å²) in [4.78, 5) is 67.3. The zero-order valence-corrected chi connectivity index (χ0v) is 45.5. The lowest BCUT2D eigenvalue weighted by atomic mass is 9.71. The van der Waals surface area contributed by atoms with Crippen molar-refractivity contribution >= 4 is 34.6 Å². The first kappa shape index (κ1) is 59.6. The first-order valence-corrected chi connectivity index (χ1v) is 26.5. The third-order valence-corrected chi connectivity index (χ3v) is 16.1. The number of methoxy groups -OCH3 is 2. The second kappa shape index (κ2) is 22.6. The molecule has 10 rings (SSSR count). The minimum absolute atomic E-state index is 0.0127. The number of fused-ring (bicyclic) bond motifs is 6. The Morgan fingerprint density at radius 1 is 0.646 bits per heavy atom. The van der Waals surface area contributed by atoms with E-state index in [1.807, 2.05) is 13.8 Å². The number of rotatable bonds is 12. The highest BCUT2D eigenvalue weighted by Crippen LogP contribution is 2.55. The largest absolute Gasteiger partial charge is 0.507 e. The number of carbonyl (C=O) groups is 5. The third kappa shape index (κ3) is 10.1. The smallest absolute Gasteiger partial charge is 0.202 e. The molecule has 6 aliphatic rings. The monoisotopic (exact) mass is 1140 g/mol. The standard InChI is InChI=1S/C30H37N3O10.C27H29NO11/c1-12(2)32-33-19(11-34)30(40)9-15-22(18(10-30)43-20-8-16(31)25(35)13(3)42-20)29(39)24-23(27(15)37)26(36)14-6-5-7-17(41-4)21(14)28(24)38;1-10-22(31)13(28)6-17(38-10)39-15-8-27(36,16(30)9-29)7-12-19(15)26(35)21-20(24(12)33)23(32)11-4-3-5-14(37-2)18(11)25(21)34/h5-7,12-13,16,18,20,25,32,34-35,37,39-40H,8-11,31H2,1-4H3;3-5,10,13,15,17,22,29,31,33,35-36H,6-9,28H2,1-2H3/b33-19+;/t13-,16-,18-,20-,25+,30-;10-,13-,15-,17-,22+,27-/m00/s1. The van der Waals surface area contributed by atoms with Gasteiger partial charge in [-0.05, 0) is 39.8 Å². The summed E-state index contributed by atoms with van der Waals surface area (Å²) in [5, 5.41) is 114. The Morgan fingerprint density at radius 3 is 1.43 bits per heavy atom. The molecular weight excluding hydrogens is 1080 g/mol. The van der Waals surface area contributed by atoms with Crippen LogP contribution in [-0.4, -0.2) is 179 Å². The topological polar surface area (TPSA) is 419 Å². The number of aromatic hydroxyl groups is 4. The lowest BCUT2D eigenvalue weighted by Gasteiger charge is -2.43. The van der Waals surface area contributed by atoms with Gasteiger partial charge in [-0.3, -0.25) is 24.0 Å². The van der Waals surface area contributed by atoms with Crippen molar-refractivity contribution in [2.24, 2.45) is 16.6 Å². The minimum Gasteiger partial charge on any atom is -0.507 e. The number of carbonyl (C=O) groups excluding carboxylic acids is 5. The summed E-state index contributed by atoms with van der Waals surface area (Å²) in [5.41, 5.74) is 8.31. The molecule has 4 aromatic rings. The number of aliphatic hydroxyl groups excluding tert-OH is 4. The van der Waals surface area contributed by atoms with Crippen LogP contribution in [0, 0.1) is 0 Å². The average molecular weight is 1140 g/mol. The Morgan fingerprint density at radius 2 is 1.05 bits per heavy atom. The van der Waals surface area contributed by atoms with Crippen LogP contribution in [0.4, 0.5) is 0 Å². The number of aliphatic hydroxyl groups is 6. The van der Waals surface area contributed by atoms with Crippen LogP contribution < -0.4 is 26.4 Å². The summed E-state index contributed by atoms with van der Waals surface area (Å²) >= 11 is 0. The average Bonchev–Trinajstić information content (AvgIpc) is 0.969. The number of ether oxygens (including phenoxy) is 6. The van der Waals surface area contributed by atoms with Crippen LogP contribution in [0.2, 0.25) is 0 Å². The molecule has 4 aromatic carbocycles. The van der Waals surface area contributed by atoms with E-state index in [2.05, 4.69) is 10.5 Å². The molecule has 25 heteroatoms. The van der Waals surface area contributed by atoms with Crippen LogP contribution in [0.3, 0.4) is 0 Å². The number of hydrazone groups is 1. The van der Waals surface area contributed by atoms with E-state index in [-0.39, 0.29) is 93.4 Å². The highest BCUT2D eigenvalue weighted by Gasteiger charge is 2.52. The van der Waals surface area contributed by atoms with Crippen LogP contribution in [0.25, 0.3) is 0 Å². The summed E-state index contributed by atoms with van der Waals surface area (Å²) in [6.45, 7) is 5.15. The van der Waals surface area contributed by atoms with Gasteiger partial charge in [-0.25, -0.2) is 0 Å². The van der Waals surface area contributed by atoms with Crippen molar-refractivity contribution in [1.82, 2.24) is 5.43 Å². The van der Waals surface area contributed by atoms with E-state index >= 15 is 0 Å². The van der Waals surface area contributed by atoms with Crippen molar-refractivity contribution in [2.45, 2.75) is 145 Å². The second-order valence-corrected chi connectivity index (χ2v) is 21.7. The van der Waals surface area contributed by atoms with E-state index in [0.29, 0.717) is 0 Å². The van der Waals surface area contributed by atoms with Gasteiger partial charge >= 0.3 is 0 Å². The maximum Gasteiger partial charge on any atom is 0.202 e. The van der Waals surface area contributed by atoms with E-state index in [0.717, 1.165) is 0 Å². The van der Waals surface area contributed by atoms with Crippen molar-refractivity contribution in [3.05, 3.63) is 103 Å². The van der Waals surface area contributed by atoms with Crippen molar-refractivity contribution in [3.8, 4) is 34.5 Å². The third-order valence-electron chi connectivity index (χ3n) is 16.1. The first-order valence-electron chi connectivity index (χ1n) is 26.5. The molecule has 0 bridgehead atoms. The van der Waals surface area contributed by atoms with Crippen molar-refractivity contribution in [2.75, 3.05) is 27.4 Å². The number of nitrogens with zero attached hydrogens (tertiary/aromatic N) is 1. The number of phenols is 4. The van der Waals surface area contributed by atoms with Crippen molar-refractivity contribution < 1.29 is 103 Å². The molecule has 2 aliphatic heterocycles. The summed E-state index contributed by atoms with van der Waals surface area (Å²) in [6, 6.07) is 7.27. The highest BCUT2D eigenvalue weighted by molar-refractivity contribution is 6.32. The molecule has 2 saturated heterocycles. The van der Waals surface area contributed by atoms with Gasteiger partial charge in [0.15, 0.2) is 29.9 Å². The molecular formula is C57H66N4O21. The molecule has 2 heterocycles. The SMILES string of the molecule is COc1cccc2c1C(=O)c1c(O)c3c(c(O)c1C2=O)C[C@@](O)(/C(CO)=N/NC(C)C)C[C@@H]3O[C@H]1C[C@H](N)[C@H](O)[C@H](C)O1.COc1cccc2c1C(=O)c1c(O)c3c(c(O)c1C2=O)C[C@@](O)(C(=O)CO)C[C@@H]3O[C@H]1C[C@H](N)[C@H](O)[C@H](C)O1. The fraction of sp³-hybridized carbons (Fsp3) is 0.474. The molecule has 0 spiro atoms. The lowest BCUT2D eigenvalue weighted by molar-refractivity contribution is -0.247. The molecule has 0 amide bonds. The van der Waals surface area contributed by atoms with Gasteiger partial charge < -0.3 is 96.4 Å². The number of nitrogens with two attached hydrogens (primary N) is 2. The number of ketones is 5. The van der Waals surface area contributed by atoms with Gasteiger partial charge in [0, 0.05) is 90.0 Å². The summed E-state index contributed by atoms with van der Waals surface area (Å²) in [5.74, 6) is -6.31. The first-order chi connectivity index (χ1) is 38.7.